The zero-order valence-electron chi connectivity index (χ0n) is 16.2. The highest BCUT2D eigenvalue weighted by atomic mass is 16.3. The van der Waals surface area contributed by atoms with Gasteiger partial charge < -0.3 is 10.2 Å². The van der Waals surface area contributed by atoms with Gasteiger partial charge in [0.2, 0.25) is 0 Å². The molecule has 2 N–H and O–H groups in total. The van der Waals surface area contributed by atoms with Crippen molar-refractivity contribution in [2.45, 2.75) is 96.8 Å². The Balaban J connectivity index is 1.86. The molecule has 142 valence electrons. The van der Waals surface area contributed by atoms with Crippen molar-refractivity contribution in [2.75, 3.05) is 0 Å². The molecule has 1 aromatic rings. The van der Waals surface area contributed by atoms with Crippen molar-refractivity contribution < 1.29 is 10.2 Å². The fourth-order valence-corrected chi connectivity index (χ4v) is 3.20. The van der Waals surface area contributed by atoms with E-state index in [0.717, 1.165) is 18.4 Å². The molecule has 0 bridgehead atoms. The molecule has 1 aromatic carbocycles. The monoisotopic (exact) mass is 346 g/mol. The largest absolute Gasteiger partial charge is 0.508 e. The predicted molar refractivity (Wildman–Crippen MR) is 108 cm³/mol. The number of benzene rings is 1. The number of hydrogen-bond donors (Lipinski definition) is 2. The van der Waals surface area contributed by atoms with Gasteiger partial charge >= 0.3 is 0 Å². The van der Waals surface area contributed by atoms with Gasteiger partial charge in [-0.3, -0.25) is 0 Å². The van der Waals surface area contributed by atoms with E-state index < -0.39 is 0 Å². The lowest BCUT2D eigenvalue weighted by Crippen LogP contribution is -1.87. The lowest BCUT2D eigenvalue weighted by atomic mass is 10.0. The number of rotatable bonds is 15. The molecule has 0 aliphatic rings. The van der Waals surface area contributed by atoms with Gasteiger partial charge in [-0.2, -0.15) is 0 Å². The maximum atomic E-state index is 9.46. The SMILES string of the molecule is CCCCC/C=C/CCCCCCCCCCc1cc(O)cc(O)c1. The van der Waals surface area contributed by atoms with Gasteiger partial charge in [-0.15, -0.1) is 0 Å². The van der Waals surface area contributed by atoms with Crippen LogP contribution in [0.2, 0.25) is 0 Å². The highest BCUT2D eigenvalue weighted by molar-refractivity contribution is 5.36. The molecule has 0 aliphatic carbocycles. The molecule has 0 saturated heterocycles. The van der Waals surface area contributed by atoms with E-state index in [9.17, 15) is 10.2 Å². The summed E-state index contributed by atoms with van der Waals surface area (Å²) in [4.78, 5) is 0. The van der Waals surface area contributed by atoms with E-state index in [1.807, 2.05) is 0 Å². The summed E-state index contributed by atoms with van der Waals surface area (Å²) in [5.74, 6) is 0.316. The van der Waals surface area contributed by atoms with Crippen molar-refractivity contribution in [3.8, 4) is 11.5 Å². The molecule has 25 heavy (non-hydrogen) atoms. The quantitative estimate of drug-likeness (QED) is 0.258. The average molecular weight is 347 g/mol. The van der Waals surface area contributed by atoms with Gasteiger partial charge in [-0.05, 0) is 56.2 Å². The number of allylic oxidation sites excluding steroid dienone is 2. The first-order chi connectivity index (χ1) is 12.2. The summed E-state index contributed by atoms with van der Waals surface area (Å²) < 4.78 is 0. The Labute approximate surface area is 155 Å². The lowest BCUT2D eigenvalue weighted by molar-refractivity contribution is 0.449. The molecule has 0 atom stereocenters. The van der Waals surface area contributed by atoms with Gasteiger partial charge in [0.05, 0.1) is 0 Å². The Morgan fingerprint density at radius 2 is 1.12 bits per heavy atom. The third-order valence-electron chi connectivity index (χ3n) is 4.69. The molecular weight excluding hydrogens is 308 g/mol. The maximum Gasteiger partial charge on any atom is 0.119 e. The van der Waals surface area contributed by atoms with E-state index >= 15 is 0 Å². The molecule has 0 radical (unpaired) electrons. The molecular formula is C23H38O2. The third kappa shape index (κ3) is 12.6. The molecule has 0 spiro atoms. The van der Waals surface area contributed by atoms with Crippen LogP contribution in [-0.4, -0.2) is 10.2 Å². The predicted octanol–water partition coefficient (Wildman–Crippen LogP) is 7.29. The highest BCUT2D eigenvalue weighted by Gasteiger charge is 1.99. The lowest BCUT2D eigenvalue weighted by Gasteiger charge is -2.04. The van der Waals surface area contributed by atoms with Gasteiger partial charge in [0, 0.05) is 6.07 Å². The number of aryl methyl sites for hydroxylation is 1. The van der Waals surface area contributed by atoms with Crippen LogP contribution >= 0.6 is 0 Å². The van der Waals surface area contributed by atoms with Gasteiger partial charge in [-0.1, -0.05) is 70.4 Å². The minimum atomic E-state index is 0.158. The first-order valence-electron chi connectivity index (χ1n) is 10.4. The summed E-state index contributed by atoms with van der Waals surface area (Å²) in [6, 6.07) is 4.88. The van der Waals surface area contributed by atoms with Crippen molar-refractivity contribution in [3.63, 3.8) is 0 Å². The molecule has 2 heteroatoms. The first kappa shape index (κ1) is 21.6. The molecule has 0 unspecified atom stereocenters. The van der Waals surface area contributed by atoms with Crippen LogP contribution in [0.25, 0.3) is 0 Å². The van der Waals surface area contributed by atoms with Crippen molar-refractivity contribution in [3.05, 3.63) is 35.9 Å². The Kier molecular flexibility index (Phi) is 12.8. The van der Waals surface area contributed by atoms with Crippen LogP contribution in [0.4, 0.5) is 0 Å². The van der Waals surface area contributed by atoms with Gasteiger partial charge in [-0.25, -0.2) is 0 Å². The highest BCUT2D eigenvalue weighted by Crippen LogP contribution is 2.22. The minimum absolute atomic E-state index is 0.158. The third-order valence-corrected chi connectivity index (χ3v) is 4.69. The van der Waals surface area contributed by atoms with Gasteiger partial charge in [0.15, 0.2) is 0 Å². The van der Waals surface area contributed by atoms with Crippen LogP contribution < -0.4 is 0 Å². The first-order valence-corrected chi connectivity index (χ1v) is 10.4. The van der Waals surface area contributed by atoms with Gasteiger partial charge in [0.1, 0.15) is 11.5 Å². The fourth-order valence-electron chi connectivity index (χ4n) is 3.20. The molecule has 0 amide bonds. The van der Waals surface area contributed by atoms with Gasteiger partial charge in [0.25, 0.3) is 0 Å². The van der Waals surface area contributed by atoms with Crippen LogP contribution in [-0.2, 0) is 6.42 Å². The zero-order chi connectivity index (χ0) is 18.2. The molecule has 0 heterocycles. The van der Waals surface area contributed by atoms with E-state index in [1.165, 1.54) is 83.1 Å². The number of phenolic OH excluding ortho intramolecular Hbond substituents is 2. The summed E-state index contributed by atoms with van der Waals surface area (Å²) >= 11 is 0. The molecule has 0 aliphatic heterocycles. The second-order valence-electron chi connectivity index (χ2n) is 7.19. The van der Waals surface area contributed by atoms with E-state index in [1.54, 1.807) is 12.1 Å². The van der Waals surface area contributed by atoms with E-state index in [4.69, 9.17) is 0 Å². The van der Waals surface area contributed by atoms with Crippen molar-refractivity contribution in [2.24, 2.45) is 0 Å². The molecule has 2 nitrogen and oxygen atoms in total. The van der Waals surface area contributed by atoms with Crippen molar-refractivity contribution >= 4 is 0 Å². The Morgan fingerprint density at radius 3 is 1.68 bits per heavy atom. The summed E-state index contributed by atoms with van der Waals surface area (Å²) in [5, 5.41) is 18.9. The van der Waals surface area contributed by atoms with E-state index in [-0.39, 0.29) is 11.5 Å². The molecule has 0 fully saturated rings. The minimum Gasteiger partial charge on any atom is -0.508 e. The second kappa shape index (κ2) is 14.9. The fraction of sp³-hybridized carbons (Fsp3) is 0.652. The van der Waals surface area contributed by atoms with Crippen LogP contribution in [0.15, 0.2) is 30.4 Å². The molecule has 0 saturated carbocycles. The van der Waals surface area contributed by atoms with Crippen LogP contribution in [0.5, 0.6) is 11.5 Å². The molecule has 1 rings (SSSR count). The van der Waals surface area contributed by atoms with Crippen LogP contribution in [0.3, 0.4) is 0 Å². The van der Waals surface area contributed by atoms with Crippen molar-refractivity contribution in [1.82, 2.24) is 0 Å². The summed E-state index contributed by atoms with van der Waals surface area (Å²) in [6.45, 7) is 2.25. The summed E-state index contributed by atoms with van der Waals surface area (Å²) in [6.07, 6.45) is 22.6. The number of hydrogen-bond acceptors (Lipinski definition) is 2. The number of unbranched alkanes of at least 4 members (excludes halogenated alkanes) is 11. The Bertz CT molecular complexity index is 445. The smallest absolute Gasteiger partial charge is 0.119 e. The number of aromatic hydroxyl groups is 2. The number of phenols is 2. The maximum absolute atomic E-state index is 9.46. The van der Waals surface area contributed by atoms with Crippen LogP contribution in [0.1, 0.15) is 96.0 Å². The van der Waals surface area contributed by atoms with E-state index in [2.05, 4.69) is 19.1 Å². The molecule has 0 aromatic heterocycles. The average Bonchev–Trinajstić information content (AvgIpc) is 2.57. The second-order valence-corrected chi connectivity index (χ2v) is 7.19. The Hall–Kier alpha value is -1.44. The Morgan fingerprint density at radius 1 is 0.640 bits per heavy atom. The van der Waals surface area contributed by atoms with E-state index in [0.29, 0.717) is 0 Å². The topological polar surface area (TPSA) is 40.5 Å². The summed E-state index contributed by atoms with van der Waals surface area (Å²) in [7, 11) is 0. The summed E-state index contributed by atoms with van der Waals surface area (Å²) in [5.41, 5.74) is 1.03. The zero-order valence-corrected chi connectivity index (χ0v) is 16.2. The normalized spacial score (nSPS) is 11.4. The van der Waals surface area contributed by atoms with Crippen molar-refractivity contribution in [1.29, 1.82) is 0 Å². The standard InChI is InChI=1S/C23H38O2/c1-2-3-4-5-6-7-8-9-10-11-12-13-14-15-16-17-21-18-22(24)20-23(25)19-21/h6-7,18-20,24-25H,2-5,8-17H2,1H3/b7-6+. The van der Waals surface area contributed by atoms with Crippen LogP contribution in [0, 0.1) is 0 Å².